The van der Waals surface area contributed by atoms with Gasteiger partial charge in [0.25, 0.3) is 0 Å². The highest BCUT2D eigenvalue weighted by Gasteiger charge is 2.23. The van der Waals surface area contributed by atoms with Gasteiger partial charge < -0.3 is 10.3 Å². The summed E-state index contributed by atoms with van der Waals surface area (Å²) in [5.74, 6) is 2.48. The molecule has 1 aliphatic heterocycles. The molecule has 0 spiro atoms. The predicted molar refractivity (Wildman–Crippen MR) is 60.8 cm³/mol. The monoisotopic (exact) mass is 224 g/mol. The molecular formula is C11H20N4O. The summed E-state index contributed by atoms with van der Waals surface area (Å²) in [7, 11) is 0. The third-order valence-electron chi connectivity index (χ3n) is 3.06. The largest absolute Gasteiger partial charge is 0.338 e. The van der Waals surface area contributed by atoms with Gasteiger partial charge in [-0.05, 0) is 25.4 Å². The van der Waals surface area contributed by atoms with E-state index in [1.54, 1.807) is 0 Å². The second-order valence-electron chi connectivity index (χ2n) is 4.83. The van der Waals surface area contributed by atoms with E-state index in [-0.39, 0.29) is 0 Å². The number of hydrogen-bond donors (Lipinski definition) is 1. The minimum Gasteiger partial charge on any atom is -0.338 e. The first-order valence-electron chi connectivity index (χ1n) is 5.94. The van der Waals surface area contributed by atoms with Crippen LogP contribution in [0.25, 0.3) is 0 Å². The summed E-state index contributed by atoms with van der Waals surface area (Å²) < 4.78 is 5.22. The van der Waals surface area contributed by atoms with Crippen LogP contribution >= 0.6 is 0 Å². The van der Waals surface area contributed by atoms with Crippen molar-refractivity contribution in [3.8, 4) is 0 Å². The topological polar surface area (TPSA) is 68.2 Å². The molecule has 5 heteroatoms. The van der Waals surface area contributed by atoms with Gasteiger partial charge in [0, 0.05) is 12.5 Å². The first kappa shape index (κ1) is 11.5. The quantitative estimate of drug-likeness (QED) is 0.825. The maximum Gasteiger partial charge on any atom is 0.240 e. The third kappa shape index (κ3) is 2.59. The van der Waals surface area contributed by atoms with Gasteiger partial charge in [0.05, 0.1) is 6.54 Å². The van der Waals surface area contributed by atoms with Crippen molar-refractivity contribution in [2.45, 2.75) is 32.7 Å². The SMILES string of the molecule is CC(C)c1noc(CN2CCC(CN)C2)n1. The van der Waals surface area contributed by atoms with Gasteiger partial charge in [-0.2, -0.15) is 4.98 Å². The Balaban J connectivity index is 1.89. The van der Waals surface area contributed by atoms with E-state index in [0.29, 0.717) is 11.8 Å². The normalized spacial score (nSPS) is 22.1. The molecule has 2 N–H and O–H groups in total. The smallest absolute Gasteiger partial charge is 0.240 e. The Kier molecular flexibility index (Phi) is 3.56. The molecule has 90 valence electrons. The van der Waals surface area contributed by atoms with E-state index >= 15 is 0 Å². The van der Waals surface area contributed by atoms with Crippen molar-refractivity contribution in [3.05, 3.63) is 11.7 Å². The first-order valence-corrected chi connectivity index (χ1v) is 5.94. The molecule has 0 aromatic carbocycles. The molecule has 0 radical (unpaired) electrons. The van der Waals surface area contributed by atoms with Crippen LogP contribution in [0.2, 0.25) is 0 Å². The van der Waals surface area contributed by atoms with Crippen molar-refractivity contribution >= 4 is 0 Å². The second-order valence-corrected chi connectivity index (χ2v) is 4.83. The van der Waals surface area contributed by atoms with E-state index in [1.165, 1.54) is 6.42 Å². The Hall–Kier alpha value is -0.940. The Morgan fingerprint density at radius 2 is 2.38 bits per heavy atom. The zero-order chi connectivity index (χ0) is 11.5. The van der Waals surface area contributed by atoms with Crippen LogP contribution in [-0.2, 0) is 6.54 Å². The molecule has 1 atom stereocenters. The summed E-state index contributed by atoms with van der Waals surface area (Å²) in [4.78, 5) is 6.70. The van der Waals surface area contributed by atoms with Crippen LogP contribution in [0.1, 0.15) is 37.9 Å². The number of nitrogens with two attached hydrogens (primary N) is 1. The zero-order valence-electron chi connectivity index (χ0n) is 10.0. The highest BCUT2D eigenvalue weighted by Crippen LogP contribution is 2.17. The van der Waals surface area contributed by atoms with Crippen LogP contribution in [0.5, 0.6) is 0 Å². The van der Waals surface area contributed by atoms with Gasteiger partial charge >= 0.3 is 0 Å². The molecule has 16 heavy (non-hydrogen) atoms. The average molecular weight is 224 g/mol. The fraction of sp³-hybridized carbons (Fsp3) is 0.818. The summed E-state index contributed by atoms with van der Waals surface area (Å²) in [5.41, 5.74) is 5.66. The van der Waals surface area contributed by atoms with Gasteiger partial charge in [0.15, 0.2) is 5.82 Å². The maximum atomic E-state index is 5.66. The Morgan fingerprint density at radius 3 is 2.94 bits per heavy atom. The molecule has 1 aromatic heterocycles. The van der Waals surface area contributed by atoms with Gasteiger partial charge in [0.2, 0.25) is 5.89 Å². The molecule has 1 saturated heterocycles. The lowest BCUT2D eigenvalue weighted by molar-refractivity contribution is 0.260. The molecule has 1 unspecified atom stereocenters. The molecule has 1 fully saturated rings. The molecule has 0 saturated carbocycles. The van der Waals surface area contributed by atoms with E-state index in [4.69, 9.17) is 10.3 Å². The average Bonchev–Trinajstić information content (AvgIpc) is 2.87. The molecule has 2 heterocycles. The van der Waals surface area contributed by atoms with E-state index in [1.807, 2.05) is 0 Å². The number of nitrogens with zero attached hydrogens (tertiary/aromatic N) is 3. The van der Waals surface area contributed by atoms with Crippen LogP contribution in [0, 0.1) is 5.92 Å². The van der Waals surface area contributed by atoms with Crippen molar-refractivity contribution in [1.82, 2.24) is 15.0 Å². The maximum absolute atomic E-state index is 5.66. The fourth-order valence-corrected chi connectivity index (χ4v) is 2.01. The molecule has 2 rings (SSSR count). The molecule has 1 aliphatic rings. The number of likely N-dealkylation sites (tertiary alicyclic amines) is 1. The van der Waals surface area contributed by atoms with Crippen molar-refractivity contribution < 1.29 is 4.52 Å². The van der Waals surface area contributed by atoms with Gasteiger partial charge in [0.1, 0.15) is 0 Å². The van der Waals surface area contributed by atoms with Crippen LogP contribution in [-0.4, -0.2) is 34.7 Å². The number of rotatable bonds is 4. The van der Waals surface area contributed by atoms with Crippen LogP contribution in [0.15, 0.2) is 4.52 Å². The Bertz CT molecular complexity index is 336. The van der Waals surface area contributed by atoms with Crippen molar-refractivity contribution in [3.63, 3.8) is 0 Å². The minimum atomic E-state index is 0.327. The lowest BCUT2D eigenvalue weighted by atomic mass is 10.1. The lowest BCUT2D eigenvalue weighted by Crippen LogP contribution is -2.22. The van der Waals surface area contributed by atoms with E-state index in [0.717, 1.165) is 37.9 Å². The van der Waals surface area contributed by atoms with Crippen molar-refractivity contribution in [2.24, 2.45) is 11.7 Å². The first-order chi connectivity index (χ1) is 7.69. The Labute approximate surface area is 96.0 Å². The highest BCUT2D eigenvalue weighted by molar-refractivity contribution is 4.92. The Morgan fingerprint density at radius 1 is 1.56 bits per heavy atom. The summed E-state index contributed by atoms with van der Waals surface area (Å²) in [6, 6.07) is 0. The molecule has 1 aromatic rings. The summed E-state index contributed by atoms with van der Waals surface area (Å²) in [6.07, 6.45) is 1.18. The van der Waals surface area contributed by atoms with Gasteiger partial charge in [-0.1, -0.05) is 19.0 Å². The summed E-state index contributed by atoms with van der Waals surface area (Å²) in [6.45, 7) is 7.80. The van der Waals surface area contributed by atoms with E-state index in [9.17, 15) is 0 Å². The van der Waals surface area contributed by atoms with Gasteiger partial charge in [-0.25, -0.2) is 0 Å². The van der Waals surface area contributed by atoms with E-state index < -0.39 is 0 Å². The van der Waals surface area contributed by atoms with Crippen molar-refractivity contribution in [1.29, 1.82) is 0 Å². The minimum absolute atomic E-state index is 0.327. The van der Waals surface area contributed by atoms with Crippen LogP contribution in [0.4, 0.5) is 0 Å². The van der Waals surface area contributed by atoms with Crippen molar-refractivity contribution in [2.75, 3.05) is 19.6 Å². The molecular weight excluding hydrogens is 204 g/mol. The van der Waals surface area contributed by atoms with Crippen LogP contribution < -0.4 is 5.73 Å². The third-order valence-corrected chi connectivity index (χ3v) is 3.06. The van der Waals surface area contributed by atoms with Gasteiger partial charge in [-0.3, -0.25) is 4.90 Å². The number of aromatic nitrogens is 2. The zero-order valence-corrected chi connectivity index (χ0v) is 10.0. The standard InChI is InChI=1S/C11H20N4O/c1-8(2)11-13-10(16-14-11)7-15-4-3-9(5-12)6-15/h8-9H,3-7,12H2,1-2H3. The highest BCUT2D eigenvalue weighted by atomic mass is 16.5. The summed E-state index contributed by atoms with van der Waals surface area (Å²) >= 11 is 0. The fourth-order valence-electron chi connectivity index (χ4n) is 2.01. The summed E-state index contributed by atoms with van der Waals surface area (Å²) in [5, 5.41) is 3.96. The molecule has 0 aliphatic carbocycles. The van der Waals surface area contributed by atoms with E-state index in [2.05, 4.69) is 28.9 Å². The van der Waals surface area contributed by atoms with Gasteiger partial charge in [-0.15, -0.1) is 0 Å². The second kappa shape index (κ2) is 4.93. The molecule has 0 bridgehead atoms. The van der Waals surface area contributed by atoms with Crippen LogP contribution in [0.3, 0.4) is 0 Å². The number of hydrogen-bond acceptors (Lipinski definition) is 5. The molecule has 0 amide bonds. The lowest BCUT2D eigenvalue weighted by Gasteiger charge is -2.12. The molecule has 5 nitrogen and oxygen atoms in total. The predicted octanol–water partition coefficient (Wildman–Crippen LogP) is 0.974.